The second-order valence-electron chi connectivity index (χ2n) is 5.43. The molecule has 25 heavy (non-hydrogen) atoms. The summed E-state index contributed by atoms with van der Waals surface area (Å²) in [4.78, 5) is 28.0. The van der Waals surface area contributed by atoms with Gasteiger partial charge in [-0.25, -0.2) is 4.98 Å². The minimum absolute atomic E-state index is 0.219. The van der Waals surface area contributed by atoms with Gasteiger partial charge in [0.1, 0.15) is 5.02 Å². The minimum Gasteiger partial charge on any atom is -0.481 e. The summed E-state index contributed by atoms with van der Waals surface area (Å²) in [6.07, 6.45) is 1.35. The van der Waals surface area contributed by atoms with E-state index >= 15 is 0 Å². The van der Waals surface area contributed by atoms with Crippen LogP contribution in [0.15, 0.2) is 42.6 Å². The molecule has 1 aromatic heterocycles. The molecule has 7 heteroatoms. The maximum Gasteiger partial charge on any atom is 0.308 e. The average Bonchev–Trinajstić information content (AvgIpc) is 2.61. The molecule has 0 spiro atoms. The minimum atomic E-state index is -1.00. The van der Waals surface area contributed by atoms with E-state index in [4.69, 9.17) is 16.3 Å². The summed E-state index contributed by atoms with van der Waals surface area (Å²) in [5.41, 5.74) is 0.933. The van der Waals surface area contributed by atoms with Crippen molar-refractivity contribution in [3.8, 4) is 5.88 Å². The summed E-state index contributed by atoms with van der Waals surface area (Å²) in [6.45, 7) is 3.75. The number of carboxylic acid groups (broad SMARTS) is 1. The first-order valence-corrected chi connectivity index (χ1v) is 8.18. The largest absolute Gasteiger partial charge is 0.481 e. The van der Waals surface area contributed by atoms with E-state index in [1.54, 1.807) is 38.1 Å². The third-order valence-corrected chi connectivity index (χ3v) is 3.96. The Hall–Kier alpha value is -2.60. The van der Waals surface area contributed by atoms with Crippen LogP contribution in [0, 0.1) is 5.92 Å². The summed E-state index contributed by atoms with van der Waals surface area (Å²) in [7, 11) is 0. The number of amides is 1. The number of carbonyl (C=O) groups excluding carboxylic acids is 1. The first-order valence-electron chi connectivity index (χ1n) is 7.81. The Balaban J connectivity index is 2.25. The number of hydrogen-bond donors (Lipinski definition) is 2. The zero-order chi connectivity index (χ0) is 18.4. The number of nitrogens with zero attached hydrogens (tertiary/aromatic N) is 1. The molecule has 0 aliphatic heterocycles. The van der Waals surface area contributed by atoms with Crippen LogP contribution in [-0.4, -0.2) is 28.6 Å². The Morgan fingerprint density at radius 2 is 2.00 bits per heavy atom. The zero-order valence-electron chi connectivity index (χ0n) is 13.9. The lowest BCUT2D eigenvalue weighted by molar-refractivity contribution is -0.142. The molecule has 132 valence electrons. The van der Waals surface area contributed by atoms with Crippen molar-refractivity contribution < 1.29 is 19.4 Å². The molecule has 0 aliphatic rings. The van der Waals surface area contributed by atoms with Gasteiger partial charge >= 0.3 is 5.97 Å². The van der Waals surface area contributed by atoms with Crippen LogP contribution in [0.2, 0.25) is 5.02 Å². The first-order chi connectivity index (χ1) is 11.9. The van der Waals surface area contributed by atoms with E-state index < -0.39 is 23.8 Å². The molecule has 1 aromatic carbocycles. The number of carbonyl (C=O) groups is 2. The van der Waals surface area contributed by atoms with Crippen molar-refractivity contribution in [1.82, 2.24) is 10.3 Å². The fourth-order valence-electron chi connectivity index (χ4n) is 2.32. The van der Waals surface area contributed by atoms with Gasteiger partial charge < -0.3 is 15.2 Å². The first kappa shape index (κ1) is 18.7. The highest BCUT2D eigenvalue weighted by Gasteiger charge is 2.27. The van der Waals surface area contributed by atoms with Crippen molar-refractivity contribution in [2.24, 2.45) is 5.92 Å². The number of nitrogens with one attached hydrogen (secondary N) is 1. The second kappa shape index (κ2) is 8.48. The van der Waals surface area contributed by atoms with E-state index in [1.165, 1.54) is 12.3 Å². The number of aromatic nitrogens is 1. The fourth-order valence-corrected chi connectivity index (χ4v) is 2.54. The summed E-state index contributed by atoms with van der Waals surface area (Å²) in [6, 6.07) is 9.71. The summed E-state index contributed by atoms with van der Waals surface area (Å²) >= 11 is 6.06. The maximum absolute atomic E-state index is 12.5. The molecule has 1 amide bonds. The van der Waals surface area contributed by atoms with E-state index in [-0.39, 0.29) is 16.5 Å². The van der Waals surface area contributed by atoms with E-state index in [0.717, 1.165) is 0 Å². The Kier molecular flexibility index (Phi) is 6.36. The molecule has 2 rings (SSSR count). The summed E-state index contributed by atoms with van der Waals surface area (Å²) < 4.78 is 5.24. The normalized spacial score (nSPS) is 12.9. The third kappa shape index (κ3) is 4.70. The second-order valence-corrected chi connectivity index (χ2v) is 5.84. The lowest BCUT2D eigenvalue weighted by Gasteiger charge is -2.23. The number of halogens is 1. The molecule has 2 atom stereocenters. The highest BCUT2D eigenvalue weighted by atomic mass is 35.5. The standard InChI is InChI=1S/C18H19ClN2O4/c1-3-25-17-14(19)9-13(10-20-17)16(22)21-15(11(2)18(23)24)12-7-5-4-6-8-12/h4-11,15H,3H2,1-2H3,(H,21,22)(H,23,24). The van der Waals surface area contributed by atoms with Crippen LogP contribution < -0.4 is 10.1 Å². The van der Waals surface area contributed by atoms with Gasteiger partial charge in [0, 0.05) is 6.20 Å². The molecular formula is C18H19ClN2O4. The molecule has 0 bridgehead atoms. The monoisotopic (exact) mass is 362 g/mol. The number of carboxylic acids is 1. The molecule has 0 fully saturated rings. The van der Waals surface area contributed by atoms with Crippen LogP contribution in [0.3, 0.4) is 0 Å². The molecule has 2 aromatic rings. The summed E-state index contributed by atoms with van der Waals surface area (Å²) in [5.74, 6) is -2.02. The van der Waals surface area contributed by atoms with E-state index in [2.05, 4.69) is 10.3 Å². The molecule has 0 radical (unpaired) electrons. The highest BCUT2D eigenvalue weighted by Crippen LogP contribution is 2.25. The average molecular weight is 363 g/mol. The molecular weight excluding hydrogens is 344 g/mol. The van der Waals surface area contributed by atoms with Crippen molar-refractivity contribution in [2.75, 3.05) is 6.61 Å². The van der Waals surface area contributed by atoms with Crippen molar-refractivity contribution in [2.45, 2.75) is 19.9 Å². The molecule has 6 nitrogen and oxygen atoms in total. The van der Waals surface area contributed by atoms with Crippen LogP contribution in [0.4, 0.5) is 0 Å². The van der Waals surface area contributed by atoms with Gasteiger partial charge in [0.05, 0.1) is 24.1 Å². The predicted octanol–water partition coefficient (Wildman–Crippen LogP) is 3.33. The van der Waals surface area contributed by atoms with Gasteiger partial charge in [-0.15, -0.1) is 0 Å². The molecule has 0 saturated carbocycles. The topological polar surface area (TPSA) is 88.5 Å². The highest BCUT2D eigenvalue weighted by molar-refractivity contribution is 6.32. The van der Waals surface area contributed by atoms with Crippen LogP contribution >= 0.6 is 11.6 Å². The Morgan fingerprint density at radius 3 is 2.56 bits per heavy atom. The quantitative estimate of drug-likeness (QED) is 0.788. The van der Waals surface area contributed by atoms with Gasteiger partial charge in [-0.05, 0) is 25.5 Å². The van der Waals surface area contributed by atoms with Crippen LogP contribution in [-0.2, 0) is 4.79 Å². The number of hydrogen-bond acceptors (Lipinski definition) is 4. The third-order valence-electron chi connectivity index (χ3n) is 3.69. The Morgan fingerprint density at radius 1 is 1.32 bits per heavy atom. The molecule has 0 aliphatic carbocycles. The number of rotatable bonds is 7. The van der Waals surface area contributed by atoms with Gasteiger partial charge in [0.15, 0.2) is 0 Å². The maximum atomic E-state index is 12.5. The lowest BCUT2D eigenvalue weighted by atomic mass is 9.94. The Labute approximate surface area is 150 Å². The van der Waals surface area contributed by atoms with Crippen LogP contribution in [0.5, 0.6) is 5.88 Å². The van der Waals surface area contributed by atoms with Gasteiger partial charge in [0.2, 0.25) is 5.88 Å². The van der Waals surface area contributed by atoms with Crippen LogP contribution in [0.25, 0.3) is 0 Å². The van der Waals surface area contributed by atoms with Crippen molar-refractivity contribution in [3.63, 3.8) is 0 Å². The lowest BCUT2D eigenvalue weighted by Crippen LogP contribution is -2.35. The molecule has 2 N–H and O–H groups in total. The summed E-state index contributed by atoms with van der Waals surface area (Å²) in [5, 5.41) is 12.3. The molecule has 0 saturated heterocycles. The van der Waals surface area contributed by atoms with E-state index in [9.17, 15) is 14.7 Å². The van der Waals surface area contributed by atoms with Crippen molar-refractivity contribution in [1.29, 1.82) is 0 Å². The van der Waals surface area contributed by atoms with Gasteiger partial charge in [-0.3, -0.25) is 9.59 Å². The van der Waals surface area contributed by atoms with Gasteiger partial charge in [-0.2, -0.15) is 0 Å². The fraction of sp³-hybridized carbons (Fsp3) is 0.278. The van der Waals surface area contributed by atoms with E-state index in [0.29, 0.717) is 12.2 Å². The van der Waals surface area contributed by atoms with Gasteiger partial charge in [0.25, 0.3) is 5.91 Å². The van der Waals surface area contributed by atoms with Crippen molar-refractivity contribution >= 4 is 23.5 Å². The predicted molar refractivity (Wildman–Crippen MR) is 93.9 cm³/mol. The van der Waals surface area contributed by atoms with Crippen LogP contribution in [0.1, 0.15) is 35.8 Å². The molecule has 1 heterocycles. The number of benzene rings is 1. The number of aliphatic carboxylic acids is 1. The van der Waals surface area contributed by atoms with E-state index in [1.807, 2.05) is 6.07 Å². The SMILES string of the molecule is CCOc1ncc(C(=O)NC(c2ccccc2)C(C)C(=O)O)cc1Cl. The zero-order valence-corrected chi connectivity index (χ0v) is 14.7. The van der Waals surface area contributed by atoms with Crippen molar-refractivity contribution in [3.05, 3.63) is 58.7 Å². The number of pyridine rings is 1. The van der Waals surface area contributed by atoms with Gasteiger partial charge in [-0.1, -0.05) is 41.9 Å². The smallest absolute Gasteiger partial charge is 0.308 e. The Bertz CT molecular complexity index is 752. The molecule has 2 unspecified atom stereocenters. The number of ether oxygens (including phenoxy) is 1.